The maximum Gasteiger partial charge on any atom is 0.225 e. The quantitative estimate of drug-likeness (QED) is 0.688. The largest absolute Gasteiger partial charge is 0.345 e. The van der Waals surface area contributed by atoms with Crippen LogP contribution < -0.4 is 0 Å². The van der Waals surface area contributed by atoms with E-state index in [1.165, 1.54) is 18.4 Å². The lowest BCUT2D eigenvalue weighted by atomic mass is 9.91. The summed E-state index contributed by atoms with van der Waals surface area (Å²) in [6, 6.07) is 8.18. The smallest absolute Gasteiger partial charge is 0.225 e. The lowest BCUT2D eigenvalue weighted by molar-refractivity contribution is -0.135. The molecule has 0 radical (unpaired) electrons. The van der Waals surface area contributed by atoms with Gasteiger partial charge in [0.25, 0.3) is 0 Å². The fraction of sp³-hybridized carbons (Fsp3) is 0.591. The zero-order valence-corrected chi connectivity index (χ0v) is 16.6. The zero-order chi connectivity index (χ0) is 18.4. The highest BCUT2D eigenvalue weighted by Crippen LogP contribution is 2.23. The molecule has 1 aromatic carbocycles. The van der Waals surface area contributed by atoms with E-state index in [0.29, 0.717) is 11.8 Å². The van der Waals surface area contributed by atoms with Crippen LogP contribution in [-0.2, 0) is 11.2 Å². The maximum atomic E-state index is 12.6. The number of carbonyl (C=O) groups is 1. The minimum Gasteiger partial charge on any atom is -0.345 e. The number of carbonyl (C=O) groups excluding carboxylic acids is 1. The topological polar surface area (TPSA) is 23.6 Å². The summed E-state index contributed by atoms with van der Waals surface area (Å²) in [5.74, 6) is 1.21. The Balaban J connectivity index is 1.37. The van der Waals surface area contributed by atoms with Crippen molar-refractivity contribution in [2.75, 3.05) is 33.2 Å². The summed E-state index contributed by atoms with van der Waals surface area (Å²) >= 11 is 5.95. The molecule has 1 heterocycles. The van der Waals surface area contributed by atoms with Crippen molar-refractivity contribution >= 4 is 17.5 Å². The number of hydrogen-bond donors (Lipinski definition) is 0. The fourth-order valence-electron chi connectivity index (χ4n) is 4.14. The van der Waals surface area contributed by atoms with Gasteiger partial charge in [-0.15, -0.1) is 0 Å². The Morgan fingerprint density at radius 1 is 1.15 bits per heavy atom. The minimum atomic E-state index is 0.212. The van der Waals surface area contributed by atoms with Gasteiger partial charge >= 0.3 is 0 Å². The maximum absolute atomic E-state index is 12.6. The summed E-state index contributed by atoms with van der Waals surface area (Å²) in [7, 11) is 1.99. The van der Waals surface area contributed by atoms with Crippen LogP contribution in [0.5, 0.6) is 0 Å². The number of allylic oxidation sites excluding steroid dienone is 2. The van der Waals surface area contributed by atoms with E-state index in [-0.39, 0.29) is 5.92 Å². The van der Waals surface area contributed by atoms with Crippen molar-refractivity contribution in [1.29, 1.82) is 0 Å². The first-order valence-electron chi connectivity index (χ1n) is 9.98. The van der Waals surface area contributed by atoms with Crippen molar-refractivity contribution in [3.63, 3.8) is 0 Å². The van der Waals surface area contributed by atoms with E-state index in [4.69, 9.17) is 11.6 Å². The molecule has 0 unspecified atom stereocenters. The molecule has 3 rings (SSSR count). The Kier molecular flexibility index (Phi) is 7.15. The number of piperidine rings is 1. The molecule has 0 N–H and O–H groups in total. The van der Waals surface area contributed by atoms with Crippen molar-refractivity contribution in [2.45, 2.75) is 38.5 Å². The van der Waals surface area contributed by atoms with Crippen LogP contribution in [0.1, 0.15) is 37.7 Å². The van der Waals surface area contributed by atoms with E-state index < -0.39 is 0 Å². The summed E-state index contributed by atoms with van der Waals surface area (Å²) < 4.78 is 0. The zero-order valence-electron chi connectivity index (χ0n) is 15.9. The van der Waals surface area contributed by atoms with Gasteiger partial charge in [0.05, 0.1) is 0 Å². The number of rotatable bonds is 6. The summed E-state index contributed by atoms with van der Waals surface area (Å²) in [5.41, 5.74) is 1.35. The molecule has 3 nitrogen and oxygen atoms in total. The number of nitrogens with zero attached hydrogens (tertiary/aromatic N) is 2. The first-order chi connectivity index (χ1) is 12.6. The van der Waals surface area contributed by atoms with Crippen molar-refractivity contribution in [3.8, 4) is 0 Å². The second-order valence-corrected chi connectivity index (χ2v) is 8.30. The monoisotopic (exact) mass is 374 g/mol. The molecule has 1 aromatic rings. The van der Waals surface area contributed by atoms with Gasteiger partial charge in [0.15, 0.2) is 0 Å². The molecule has 1 aliphatic carbocycles. The van der Waals surface area contributed by atoms with Crippen molar-refractivity contribution in [3.05, 3.63) is 47.0 Å². The molecular weight excluding hydrogens is 344 g/mol. The van der Waals surface area contributed by atoms with Crippen molar-refractivity contribution < 1.29 is 4.79 Å². The van der Waals surface area contributed by atoms with Crippen LogP contribution in [-0.4, -0.2) is 48.9 Å². The molecule has 1 fully saturated rings. The van der Waals surface area contributed by atoms with Gasteiger partial charge in [-0.25, -0.2) is 0 Å². The second kappa shape index (κ2) is 9.57. The summed E-state index contributed by atoms with van der Waals surface area (Å²) in [6.45, 7) is 4.32. The molecule has 26 heavy (non-hydrogen) atoms. The average molecular weight is 375 g/mol. The third kappa shape index (κ3) is 5.59. The van der Waals surface area contributed by atoms with Crippen LogP contribution in [0.25, 0.3) is 0 Å². The third-order valence-corrected chi connectivity index (χ3v) is 6.12. The van der Waals surface area contributed by atoms with E-state index in [2.05, 4.69) is 29.2 Å². The first-order valence-corrected chi connectivity index (χ1v) is 10.4. The molecule has 1 aliphatic heterocycles. The highest BCUT2D eigenvalue weighted by Gasteiger charge is 2.26. The number of benzene rings is 1. The van der Waals surface area contributed by atoms with Crippen LogP contribution in [0, 0.1) is 11.8 Å². The van der Waals surface area contributed by atoms with E-state index in [0.717, 1.165) is 56.9 Å². The van der Waals surface area contributed by atoms with Gasteiger partial charge in [0, 0.05) is 31.1 Å². The normalized spacial score (nSPS) is 21.7. The van der Waals surface area contributed by atoms with Crippen LogP contribution in [0.4, 0.5) is 0 Å². The van der Waals surface area contributed by atoms with E-state index in [1.54, 1.807) is 0 Å². The Labute approximate surface area is 163 Å². The van der Waals surface area contributed by atoms with Crippen molar-refractivity contribution in [2.24, 2.45) is 11.8 Å². The molecule has 142 valence electrons. The Bertz CT molecular complexity index is 605. The molecule has 1 amide bonds. The van der Waals surface area contributed by atoms with Gasteiger partial charge in [-0.3, -0.25) is 4.79 Å². The number of likely N-dealkylation sites (tertiary alicyclic amines) is 1. The molecule has 0 spiro atoms. The molecule has 0 saturated carbocycles. The van der Waals surface area contributed by atoms with Gasteiger partial charge in [-0.1, -0.05) is 35.9 Å². The van der Waals surface area contributed by atoms with E-state index in [9.17, 15) is 4.79 Å². The van der Waals surface area contributed by atoms with Gasteiger partial charge in [0.2, 0.25) is 5.91 Å². The van der Waals surface area contributed by atoms with E-state index >= 15 is 0 Å². The second-order valence-electron chi connectivity index (χ2n) is 7.86. The Morgan fingerprint density at radius 3 is 2.54 bits per heavy atom. The van der Waals surface area contributed by atoms with Gasteiger partial charge in [0.1, 0.15) is 0 Å². The summed E-state index contributed by atoms with van der Waals surface area (Å²) in [4.78, 5) is 17.1. The van der Waals surface area contributed by atoms with Crippen LogP contribution in [0.2, 0.25) is 5.02 Å². The van der Waals surface area contributed by atoms with Crippen LogP contribution in [0.15, 0.2) is 36.4 Å². The van der Waals surface area contributed by atoms with Crippen molar-refractivity contribution in [1.82, 2.24) is 9.80 Å². The Hall–Kier alpha value is -1.32. The molecule has 0 bridgehead atoms. The molecule has 0 aromatic heterocycles. The molecule has 2 aliphatic rings. The lowest BCUT2D eigenvalue weighted by Crippen LogP contribution is -2.41. The lowest BCUT2D eigenvalue weighted by Gasteiger charge is -2.34. The molecular formula is C22H31ClN2O. The Morgan fingerprint density at radius 2 is 1.88 bits per heavy atom. The number of halogens is 1. The standard InChI is InChI=1S/C22H31ClN2O/c1-24(22(26)20-5-3-2-4-6-20)17-19-12-15-25(16-13-19)14-11-18-7-9-21(23)10-8-18/h2-3,7-10,19-20H,4-6,11-17H2,1H3/t20-/m0/s1. The van der Waals surface area contributed by atoms with Gasteiger partial charge in [-0.2, -0.15) is 0 Å². The van der Waals surface area contributed by atoms with E-state index in [1.807, 2.05) is 24.1 Å². The molecule has 1 atom stereocenters. The number of hydrogen-bond acceptors (Lipinski definition) is 2. The van der Waals surface area contributed by atoms with Crippen LogP contribution >= 0.6 is 11.6 Å². The highest BCUT2D eigenvalue weighted by molar-refractivity contribution is 6.30. The number of amides is 1. The highest BCUT2D eigenvalue weighted by atomic mass is 35.5. The minimum absolute atomic E-state index is 0.212. The predicted octanol–water partition coefficient (Wildman–Crippen LogP) is 4.41. The summed E-state index contributed by atoms with van der Waals surface area (Å²) in [6.07, 6.45) is 10.8. The molecule has 1 saturated heterocycles. The summed E-state index contributed by atoms with van der Waals surface area (Å²) in [5, 5.41) is 0.803. The third-order valence-electron chi connectivity index (χ3n) is 5.86. The first kappa shape index (κ1) is 19.4. The predicted molar refractivity (Wildman–Crippen MR) is 108 cm³/mol. The molecule has 4 heteroatoms. The fourth-order valence-corrected chi connectivity index (χ4v) is 4.26. The average Bonchev–Trinajstić information content (AvgIpc) is 2.68. The van der Waals surface area contributed by atoms with Gasteiger partial charge in [-0.05, 0) is 75.2 Å². The van der Waals surface area contributed by atoms with Crippen LogP contribution in [0.3, 0.4) is 0 Å². The SMILES string of the molecule is CN(CC1CCN(CCc2ccc(Cl)cc2)CC1)C(=O)[C@H]1CC=CCC1. The van der Waals surface area contributed by atoms with Gasteiger partial charge < -0.3 is 9.80 Å².